The van der Waals surface area contributed by atoms with Crippen molar-refractivity contribution in [3.63, 3.8) is 0 Å². The highest BCUT2D eigenvalue weighted by atomic mass is 16.3. The second kappa shape index (κ2) is 5.12. The first-order valence-corrected chi connectivity index (χ1v) is 5.46. The summed E-state index contributed by atoms with van der Waals surface area (Å²) in [5, 5.41) is 10.0. The van der Waals surface area contributed by atoms with Gasteiger partial charge < -0.3 is 10.0 Å². The lowest BCUT2D eigenvalue weighted by molar-refractivity contribution is 0.101. The van der Waals surface area contributed by atoms with Gasteiger partial charge in [-0.2, -0.15) is 0 Å². The van der Waals surface area contributed by atoms with Gasteiger partial charge in [0.15, 0.2) is 5.78 Å². The molecule has 1 N–H and O–H groups in total. The zero-order valence-electron chi connectivity index (χ0n) is 10.4. The monoisotopic (exact) mass is 221 g/mol. The second-order valence-corrected chi connectivity index (χ2v) is 4.25. The van der Waals surface area contributed by atoms with Crippen molar-refractivity contribution in [1.82, 2.24) is 4.90 Å². The molecule has 0 amide bonds. The van der Waals surface area contributed by atoms with Gasteiger partial charge >= 0.3 is 0 Å². The van der Waals surface area contributed by atoms with Crippen LogP contribution in [-0.4, -0.2) is 29.9 Å². The maximum atomic E-state index is 11.3. The molecule has 0 radical (unpaired) electrons. The van der Waals surface area contributed by atoms with Crippen molar-refractivity contribution in [2.24, 2.45) is 0 Å². The molecule has 0 unspecified atom stereocenters. The van der Waals surface area contributed by atoms with E-state index >= 15 is 0 Å². The van der Waals surface area contributed by atoms with Gasteiger partial charge in [-0.15, -0.1) is 0 Å². The van der Waals surface area contributed by atoms with Crippen molar-refractivity contribution in [1.29, 1.82) is 0 Å². The number of phenolic OH excluding ortho intramolecular Hbond substituents is 1. The first kappa shape index (κ1) is 12.7. The van der Waals surface area contributed by atoms with E-state index in [4.69, 9.17) is 0 Å². The Morgan fingerprint density at radius 2 is 2.00 bits per heavy atom. The summed E-state index contributed by atoms with van der Waals surface area (Å²) in [6.45, 7) is 4.23. The van der Waals surface area contributed by atoms with Crippen LogP contribution in [0.5, 0.6) is 5.75 Å². The molecular formula is C13H19NO2. The highest BCUT2D eigenvalue weighted by Gasteiger charge is 2.14. The Bertz CT molecular complexity index is 397. The van der Waals surface area contributed by atoms with Crippen LogP contribution in [0.25, 0.3) is 0 Å². The summed E-state index contributed by atoms with van der Waals surface area (Å²) < 4.78 is 0. The van der Waals surface area contributed by atoms with E-state index in [-0.39, 0.29) is 11.5 Å². The molecule has 88 valence electrons. The van der Waals surface area contributed by atoms with E-state index < -0.39 is 0 Å². The van der Waals surface area contributed by atoms with Crippen molar-refractivity contribution in [2.45, 2.75) is 26.8 Å². The molecule has 0 fully saturated rings. The molecule has 1 rings (SSSR count). The molecule has 3 heteroatoms. The van der Waals surface area contributed by atoms with Crippen molar-refractivity contribution in [3.8, 4) is 5.75 Å². The van der Waals surface area contributed by atoms with Gasteiger partial charge in [0.05, 0.1) is 5.56 Å². The molecule has 0 aliphatic rings. The van der Waals surface area contributed by atoms with Crippen molar-refractivity contribution < 1.29 is 9.90 Å². The van der Waals surface area contributed by atoms with Crippen LogP contribution >= 0.6 is 0 Å². The van der Waals surface area contributed by atoms with Crippen LogP contribution in [0.2, 0.25) is 0 Å². The first-order chi connectivity index (χ1) is 7.47. The third kappa shape index (κ3) is 2.61. The van der Waals surface area contributed by atoms with Crippen LogP contribution in [0.1, 0.15) is 35.3 Å². The van der Waals surface area contributed by atoms with Gasteiger partial charge in [-0.05, 0) is 44.6 Å². The summed E-state index contributed by atoms with van der Waals surface area (Å²) in [6, 6.07) is 3.63. The van der Waals surface area contributed by atoms with E-state index in [1.54, 1.807) is 6.07 Å². The molecule has 0 heterocycles. The number of aromatic hydroxyl groups is 1. The number of carbonyl (C=O) groups is 1. The van der Waals surface area contributed by atoms with Crippen molar-refractivity contribution in [2.75, 3.05) is 14.1 Å². The SMILES string of the molecule is CCc1c(CN(C)C)ccc(C(C)=O)c1O. The molecule has 0 atom stereocenters. The fourth-order valence-corrected chi connectivity index (χ4v) is 1.85. The van der Waals surface area contributed by atoms with Gasteiger partial charge in [-0.1, -0.05) is 13.0 Å². The maximum absolute atomic E-state index is 11.3. The fraction of sp³-hybridized carbons (Fsp3) is 0.462. The van der Waals surface area contributed by atoms with E-state index in [0.717, 1.165) is 24.1 Å². The Balaban J connectivity index is 3.23. The van der Waals surface area contributed by atoms with Crippen molar-refractivity contribution >= 4 is 5.78 Å². The number of benzene rings is 1. The average Bonchev–Trinajstić information content (AvgIpc) is 2.16. The van der Waals surface area contributed by atoms with Gasteiger partial charge in [-0.25, -0.2) is 0 Å². The average molecular weight is 221 g/mol. The molecule has 0 aromatic heterocycles. The number of rotatable bonds is 4. The Labute approximate surface area is 96.7 Å². The first-order valence-electron chi connectivity index (χ1n) is 5.46. The molecule has 0 aliphatic heterocycles. The highest BCUT2D eigenvalue weighted by Crippen LogP contribution is 2.27. The van der Waals surface area contributed by atoms with Crippen LogP contribution in [0.3, 0.4) is 0 Å². The molecule has 0 saturated carbocycles. The van der Waals surface area contributed by atoms with Gasteiger partial charge in [0.1, 0.15) is 5.75 Å². The summed E-state index contributed by atoms with van der Waals surface area (Å²) in [4.78, 5) is 13.3. The minimum Gasteiger partial charge on any atom is -0.507 e. The number of nitrogens with zero attached hydrogens (tertiary/aromatic N) is 1. The number of Topliss-reactive ketones (excluding diaryl/α,β-unsaturated/α-hetero) is 1. The Hall–Kier alpha value is -1.35. The molecule has 1 aromatic rings. The van der Waals surface area contributed by atoms with Crippen LogP contribution < -0.4 is 0 Å². The number of ketones is 1. The Morgan fingerprint density at radius 1 is 1.38 bits per heavy atom. The van der Waals surface area contributed by atoms with Gasteiger partial charge in [0.2, 0.25) is 0 Å². The minimum atomic E-state index is -0.0939. The fourth-order valence-electron chi connectivity index (χ4n) is 1.85. The molecule has 16 heavy (non-hydrogen) atoms. The normalized spacial score (nSPS) is 10.8. The lowest BCUT2D eigenvalue weighted by atomic mass is 9.98. The number of hydrogen-bond acceptors (Lipinski definition) is 3. The molecular weight excluding hydrogens is 202 g/mol. The largest absolute Gasteiger partial charge is 0.507 e. The Morgan fingerprint density at radius 3 is 2.44 bits per heavy atom. The summed E-state index contributed by atoms with van der Waals surface area (Å²) >= 11 is 0. The third-order valence-corrected chi connectivity index (χ3v) is 2.60. The van der Waals surface area contributed by atoms with Gasteiger partial charge in [0.25, 0.3) is 0 Å². The summed E-state index contributed by atoms with van der Waals surface area (Å²) in [6.07, 6.45) is 0.732. The predicted octanol–water partition coefficient (Wildman–Crippen LogP) is 2.22. The number of phenols is 1. The van der Waals surface area contributed by atoms with Crippen LogP contribution in [-0.2, 0) is 13.0 Å². The standard InChI is InChI=1S/C13H19NO2/c1-5-11-10(8-14(3)4)6-7-12(9(2)15)13(11)16/h6-7,16H,5,8H2,1-4H3. The summed E-state index contributed by atoms with van der Waals surface area (Å²) in [5.74, 6) is 0.0537. The molecule has 0 spiro atoms. The number of carbonyl (C=O) groups excluding carboxylic acids is 1. The molecule has 0 saturated heterocycles. The number of hydrogen-bond donors (Lipinski definition) is 1. The Kier molecular flexibility index (Phi) is 4.07. The van der Waals surface area contributed by atoms with E-state index in [1.165, 1.54) is 6.92 Å². The van der Waals surface area contributed by atoms with E-state index in [2.05, 4.69) is 0 Å². The zero-order valence-corrected chi connectivity index (χ0v) is 10.4. The van der Waals surface area contributed by atoms with E-state index in [1.807, 2.05) is 32.0 Å². The molecule has 0 bridgehead atoms. The van der Waals surface area contributed by atoms with Gasteiger partial charge in [0, 0.05) is 6.54 Å². The molecule has 3 nitrogen and oxygen atoms in total. The third-order valence-electron chi connectivity index (χ3n) is 2.60. The minimum absolute atomic E-state index is 0.0939. The van der Waals surface area contributed by atoms with Gasteiger partial charge in [-0.3, -0.25) is 4.79 Å². The van der Waals surface area contributed by atoms with Crippen LogP contribution in [0, 0.1) is 0 Å². The van der Waals surface area contributed by atoms with Crippen LogP contribution in [0.15, 0.2) is 12.1 Å². The zero-order chi connectivity index (χ0) is 12.3. The smallest absolute Gasteiger partial charge is 0.163 e. The van der Waals surface area contributed by atoms with Crippen LogP contribution in [0.4, 0.5) is 0 Å². The second-order valence-electron chi connectivity index (χ2n) is 4.25. The highest BCUT2D eigenvalue weighted by molar-refractivity contribution is 5.97. The predicted molar refractivity (Wildman–Crippen MR) is 64.9 cm³/mol. The van der Waals surface area contributed by atoms with Crippen molar-refractivity contribution in [3.05, 3.63) is 28.8 Å². The maximum Gasteiger partial charge on any atom is 0.163 e. The molecule has 1 aromatic carbocycles. The molecule has 0 aliphatic carbocycles. The topological polar surface area (TPSA) is 40.5 Å². The van der Waals surface area contributed by atoms with E-state index in [9.17, 15) is 9.90 Å². The van der Waals surface area contributed by atoms with E-state index in [0.29, 0.717) is 5.56 Å². The summed E-state index contributed by atoms with van der Waals surface area (Å²) in [5.41, 5.74) is 2.37. The lowest BCUT2D eigenvalue weighted by Gasteiger charge is -2.16. The summed E-state index contributed by atoms with van der Waals surface area (Å²) in [7, 11) is 3.96. The quantitative estimate of drug-likeness (QED) is 0.792. The lowest BCUT2D eigenvalue weighted by Crippen LogP contribution is -2.13.